The average Bonchev–Trinajstić information content (AvgIpc) is 3.23. The van der Waals surface area contributed by atoms with Crippen molar-refractivity contribution in [2.24, 2.45) is 0 Å². The molecule has 0 saturated heterocycles. The largest absolute Gasteiger partial charge is 0.490 e. The first-order valence-electron chi connectivity index (χ1n) is 9.47. The van der Waals surface area contributed by atoms with Crippen LogP contribution < -0.4 is 14.8 Å². The molecule has 1 heterocycles. The van der Waals surface area contributed by atoms with Gasteiger partial charge < -0.3 is 19.4 Å². The molecule has 0 unspecified atom stereocenters. The van der Waals surface area contributed by atoms with E-state index in [1.807, 2.05) is 29.8 Å². The number of rotatable bonds is 10. The molecule has 0 aliphatic rings. The number of para-hydroxylation sites is 1. The average molecular weight is 365 g/mol. The van der Waals surface area contributed by atoms with Crippen LogP contribution in [0.5, 0.6) is 11.5 Å². The first kappa shape index (κ1) is 19.0. The van der Waals surface area contributed by atoms with Crippen molar-refractivity contribution < 1.29 is 9.47 Å². The molecule has 1 aromatic heterocycles. The van der Waals surface area contributed by atoms with Crippen molar-refractivity contribution in [3.8, 4) is 17.2 Å². The Bertz CT molecular complexity index is 814. The molecule has 0 aliphatic heterocycles. The van der Waals surface area contributed by atoms with Crippen LogP contribution in [-0.2, 0) is 13.1 Å². The van der Waals surface area contributed by atoms with Crippen molar-refractivity contribution in [2.45, 2.75) is 33.4 Å². The number of hydrogen-bond donors (Lipinski definition) is 1. The summed E-state index contributed by atoms with van der Waals surface area (Å²) in [6.45, 7) is 6.92. The molecule has 3 aromatic rings. The lowest BCUT2D eigenvalue weighted by Gasteiger charge is -2.16. The number of imidazole rings is 1. The van der Waals surface area contributed by atoms with Crippen molar-refractivity contribution >= 4 is 0 Å². The van der Waals surface area contributed by atoms with Gasteiger partial charge in [0.2, 0.25) is 0 Å². The highest BCUT2D eigenvalue weighted by atomic mass is 16.5. The molecule has 0 radical (unpaired) electrons. The van der Waals surface area contributed by atoms with E-state index >= 15 is 0 Å². The number of nitrogens with one attached hydrogen (secondary N) is 1. The second kappa shape index (κ2) is 9.78. The molecule has 2 aromatic carbocycles. The van der Waals surface area contributed by atoms with Crippen LogP contribution in [0.1, 0.15) is 31.4 Å². The highest BCUT2D eigenvalue weighted by Gasteiger charge is 2.10. The third-order valence-corrected chi connectivity index (χ3v) is 4.19. The Morgan fingerprint density at radius 3 is 2.56 bits per heavy atom. The van der Waals surface area contributed by atoms with Crippen LogP contribution in [0.15, 0.2) is 61.2 Å². The van der Waals surface area contributed by atoms with Crippen molar-refractivity contribution in [1.29, 1.82) is 0 Å². The second-order valence-corrected chi connectivity index (χ2v) is 6.27. The molecule has 0 fully saturated rings. The van der Waals surface area contributed by atoms with Gasteiger partial charge in [-0.1, -0.05) is 31.2 Å². The second-order valence-electron chi connectivity index (χ2n) is 6.27. The molecule has 0 spiro atoms. The molecular weight excluding hydrogens is 338 g/mol. The molecule has 5 heteroatoms. The zero-order chi connectivity index (χ0) is 18.9. The standard InChI is InChI=1S/C22H27N3O2/c1-3-14-27-22-19(6-5-7-21(22)26-4-2)16-24-15-18-8-10-20(11-9-18)25-13-12-23-17-25/h5-13,17,24H,3-4,14-16H2,1-2H3. The van der Waals surface area contributed by atoms with Gasteiger partial charge in [0, 0.05) is 36.7 Å². The van der Waals surface area contributed by atoms with E-state index in [1.54, 1.807) is 12.5 Å². The van der Waals surface area contributed by atoms with Crippen molar-refractivity contribution in [2.75, 3.05) is 13.2 Å². The van der Waals surface area contributed by atoms with Gasteiger partial charge in [0.15, 0.2) is 11.5 Å². The van der Waals surface area contributed by atoms with Crippen LogP contribution in [0.3, 0.4) is 0 Å². The van der Waals surface area contributed by atoms with Crippen LogP contribution in [0.4, 0.5) is 0 Å². The van der Waals surface area contributed by atoms with Gasteiger partial charge in [-0.2, -0.15) is 0 Å². The van der Waals surface area contributed by atoms with E-state index in [2.05, 4.69) is 47.6 Å². The maximum atomic E-state index is 5.96. The molecule has 27 heavy (non-hydrogen) atoms. The molecule has 0 atom stereocenters. The molecule has 3 rings (SSSR count). The van der Waals surface area contributed by atoms with Gasteiger partial charge in [0.05, 0.1) is 19.5 Å². The van der Waals surface area contributed by atoms with Crippen LogP contribution in [-0.4, -0.2) is 22.8 Å². The Hall–Kier alpha value is -2.79. The molecular formula is C22H27N3O2. The van der Waals surface area contributed by atoms with Crippen molar-refractivity contribution in [3.63, 3.8) is 0 Å². The van der Waals surface area contributed by atoms with Crippen molar-refractivity contribution in [1.82, 2.24) is 14.9 Å². The highest BCUT2D eigenvalue weighted by Crippen LogP contribution is 2.31. The molecule has 0 saturated carbocycles. The first-order valence-corrected chi connectivity index (χ1v) is 9.47. The zero-order valence-electron chi connectivity index (χ0n) is 16.0. The van der Waals surface area contributed by atoms with E-state index in [0.29, 0.717) is 13.2 Å². The topological polar surface area (TPSA) is 48.3 Å². The van der Waals surface area contributed by atoms with E-state index in [1.165, 1.54) is 5.56 Å². The number of nitrogens with zero attached hydrogens (tertiary/aromatic N) is 2. The molecule has 0 aliphatic carbocycles. The van der Waals surface area contributed by atoms with Crippen LogP contribution in [0.2, 0.25) is 0 Å². The highest BCUT2D eigenvalue weighted by molar-refractivity contribution is 5.46. The molecule has 5 nitrogen and oxygen atoms in total. The molecule has 0 bridgehead atoms. The Morgan fingerprint density at radius 1 is 1.00 bits per heavy atom. The van der Waals surface area contributed by atoms with Gasteiger partial charge in [0.25, 0.3) is 0 Å². The van der Waals surface area contributed by atoms with Gasteiger partial charge in [-0.25, -0.2) is 4.98 Å². The van der Waals surface area contributed by atoms with Crippen LogP contribution >= 0.6 is 0 Å². The molecule has 0 amide bonds. The third kappa shape index (κ3) is 5.11. The number of benzene rings is 2. The predicted molar refractivity (Wildman–Crippen MR) is 108 cm³/mol. The summed E-state index contributed by atoms with van der Waals surface area (Å²) < 4.78 is 13.7. The van der Waals surface area contributed by atoms with Gasteiger partial charge in [-0.05, 0) is 37.1 Å². The maximum absolute atomic E-state index is 5.96. The lowest BCUT2D eigenvalue weighted by Crippen LogP contribution is -2.14. The summed E-state index contributed by atoms with van der Waals surface area (Å²) in [7, 11) is 0. The smallest absolute Gasteiger partial charge is 0.165 e. The van der Waals surface area contributed by atoms with Crippen LogP contribution in [0.25, 0.3) is 5.69 Å². The lowest BCUT2D eigenvalue weighted by atomic mass is 10.1. The summed E-state index contributed by atoms with van der Waals surface area (Å²) in [5.74, 6) is 1.67. The van der Waals surface area contributed by atoms with Gasteiger partial charge >= 0.3 is 0 Å². The summed E-state index contributed by atoms with van der Waals surface area (Å²) in [6, 6.07) is 14.5. The normalized spacial score (nSPS) is 10.7. The number of ether oxygens (including phenoxy) is 2. The fourth-order valence-electron chi connectivity index (χ4n) is 2.88. The third-order valence-electron chi connectivity index (χ3n) is 4.19. The zero-order valence-corrected chi connectivity index (χ0v) is 16.0. The minimum absolute atomic E-state index is 0.628. The Balaban J connectivity index is 1.62. The Morgan fingerprint density at radius 2 is 1.85 bits per heavy atom. The minimum atomic E-state index is 0.628. The number of aromatic nitrogens is 2. The fraction of sp³-hybridized carbons (Fsp3) is 0.318. The van der Waals surface area contributed by atoms with Crippen molar-refractivity contribution in [3.05, 3.63) is 72.3 Å². The predicted octanol–water partition coefficient (Wildman–Crippen LogP) is 4.35. The summed E-state index contributed by atoms with van der Waals surface area (Å²) >= 11 is 0. The molecule has 1 N–H and O–H groups in total. The maximum Gasteiger partial charge on any atom is 0.165 e. The lowest BCUT2D eigenvalue weighted by molar-refractivity contribution is 0.274. The quantitative estimate of drug-likeness (QED) is 0.580. The fourth-order valence-corrected chi connectivity index (χ4v) is 2.88. The summed E-state index contributed by atoms with van der Waals surface area (Å²) in [4.78, 5) is 4.08. The summed E-state index contributed by atoms with van der Waals surface area (Å²) in [5, 5.41) is 3.50. The number of hydrogen-bond acceptors (Lipinski definition) is 4. The van der Waals surface area contributed by atoms with E-state index in [-0.39, 0.29) is 0 Å². The molecule has 142 valence electrons. The first-order chi connectivity index (χ1) is 13.3. The summed E-state index contributed by atoms with van der Waals surface area (Å²) in [6.07, 6.45) is 6.49. The van der Waals surface area contributed by atoms with Gasteiger partial charge in [0.1, 0.15) is 0 Å². The van der Waals surface area contributed by atoms with Gasteiger partial charge in [-0.15, -0.1) is 0 Å². The summed E-state index contributed by atoms with van der Waals surface area (Å²) in [5.41, 5.74) is 3.45. The van der Waals surface area contributed by atoms with E-state index in [9.17, 15) is 0 Å². The van der Waals surface area contributed by atoms with E-state index in [0.717, 1.165) is 42.3 Å². The van der Waals surface area contributed by atoms with Crippen LogP contribution in [0, 0.1) is 0 Å². The monoisotopic (exact) mass is 365 g/mol. The Labute approximate surface area is 161 Å². The van der Waals surface area contributed by atoms with E-state index < -0.39 is 0 Å². The SMILES string of the molecule is CCCOc1c(CNCc2ccc(-n3ccnc3)cc2)cccc1OCC. The van der Waals surface area contributed by atoms with E-state index in [4.69, 9.17) is 9.47 Å². The Kier molecular flexibility index (Phi) is 6.88. The van der Waals surface area contributed by atoms with Gasteiger partial charge in [-0.3, -0.25) is 0 Å². The minimum Gasteiger partial charge on any atom is -0.490 e.